The van der Waals surface area contributed by atoms with Crippen LogP contribution in [-0.2, 0) is 9.53 Å². The van der Waals surface area contributed by atoms with Crippen LogP contribution in [0.15, 0.2) is 23.6 Å². The van der Waals surface area contributed by atoms with Gasteiger partial charge in [-0.3, -0.25) is 14.7 Å². The highest BCUT2D eigenvalue weighted by atomic mass is 32.1. The van der Waals surface area contributed by atoms with E-state index in [1.165, 1.54) is 0 Å². The summed E-state index contributed by atoms with van der Waals surface area (Å²) in [7, 11) is 0. The molecule has 0 aliphatic carbocycles. The molecule has 3 amide bonds. The van der Waals surface area contributed by atoms with Crippen molar-refractivity contribution in [1.29, 1.82) is 0 Å². The molecule has 0 bridgehead atoms. The van der Waals surface area contributed by atoms with E-state index in [4.69, 9.17) is 4.74 Å². The number of hydrogen-bond donors (Lipinski definition) is 1. The van der Waals surface area contributed by atoms with Gasteiger partial charge in [0.1, 0.15) is 0 Å². The fraction of sp³-hybridized carbons (Fsp3) is 0.333. The van der Waals surface area contributed by atoms with Gasteiger partial charge in [-0.05, 0) is 23.9 Å². The Kier molecular flexibility index (Phi) is 3.57. The number of aromatic nitrogens is 2. The molecule has 24 heavy (non-hydrogen) atoms. The van der Waals surface area contributed by atoms with Crippen molar-refractivity contribution >= 4 is 29.2 Å². The lowest BCUT2D eigenvalue weighted by molar-refractivity contribution is -0.127. The Morgan fingerprint density at radius 2 is 2.29 bits per heavy atom. The third-order valence-electron chi connectivity index (χ3n) is 4.18. The minimum atomic E-state index is -0.626. The van der Waals surface area contributed by atoms with Gasteiger partial charge in [-0.15, -0.1) is 11.3 Å². The van der Waals surface area contributed by atoms with Crippen molar-refractivity contribution in [2.24, 2.45) is 0 Å². The van der Waals surface area contributed by atoms with E-state index in [-0.39, 0.29) is 24.5 Å². The molecule has 0 saturated carbocycles. The summed E-state index contributed by atoms with van der Waals surface area (Å²) in [5, 5.41) is 8.91. The standard InChI is InChI=1S/C15H14N4O4S/c20-13-8-23-15(22)19(13)9-3-4-18(7-9)14(21)11-6-10(16-17-11)12-2-1-5-24-12/h1-2,5-6,9H,3-4,7-8H2,(H,16,17)/t9-/m0/s1. The molecular formula is C15H14N4O4S. The molecule has 2 aromatic rings. The zero-order chi connectivity index (χ0) is 16.7. The Labute approximate surface area is 141 Å². The molecule has 2 aromatic heterocycles. The predicted octanol–water partition coefficient (Wildman–Crippen LogP) is 1.33. The first kappa shape index (κ1) is 14.9. The third-order valence-corrected chi connectivity index (χ3v) is 5.09. The molecule has 0 aromatic carbocycles. The molecule has 2 aliphatic heterocycles. The Morgan fingerprint density at radius 3 is 3.00 bits per heavy atom. The van der Waals surface area contributed by atoms with Crippen molar-refractivity contribution in [3.8, 4) is 10.6 Å². The number of nitrogens with zero attached hydrogens (tertiary/aromatic N) is 3. The quantitative estimate of drug-likeness (QED) is 0.905. The lowest BCUT2D eigenvalue weighted by Crippen LogP contribution is -2.42. The first-order chi connectivity index (χ1) is 11.6. The summed E-state index contributed by atoms with van der Waals surface area (Å²) in [5.74, 6) is -0.560. The molecule has 1 N–H and O–H groups in total. The number of likely N-dealkylation sites (tertiary alicyclic amines) is 1. The van der Waals surface area contributed by atoms with Crippen LogP contribution in [0.5, 0.6) is 0 Å². The Bertz CT molecular complexity index is 784. The van der Waals surface area contributed by atoms with E-state index in [0.717, 1.165) is 15.5 Å². The van der Waals surface area contributed by atoms with Crippen molar-refractivity contribution in [1.82, 2.24) is 20.0 Å². The van der Waals surface area contributed by atoms with Crippen LogP contribution in [0.4, 0.5) is 4.79 Å². The molecule has 4 rings (SSSR count). The summed E-state index contributed by atoms with van der Waals surface area (Å²) >= 11 is 1.56. The number of aromatic amines is 1. The highest BCUT2D eigenvalue weighted by Gasteiger charge is 2.41. The average Bonchev–Trinajstić information content (AvgIpc) is 3.34. The maximum atomic E-state index is 12.6. The van der Waals surface area contributed by atoms with E-state index in [9.17, 15) is 14.4 Å². The van der Waals surface area contributed by atoms with E-state index in [1.54, 1.807) is 22.3 Å². The van der Waals surface area contributed by atoms with Gasteiger partial charge in [-0.2, -0.15) is 5.10 Å². The number of rotatable bonds is 3. The zero-order valence-electron chi connectivity index (χ0n) is 12.6. The number of imide groups is 1. The van der Waals surface area contributed by atoms with Gasteiger partial charge in [0.25, 0.3) is 11.8 Å². The fourth-order valence-electron chi connectivity index (χ4n) is 3.01. The molecule has 2 aliphatic rings. The van der Waals surface area contributed by atoms with Gasteiger partial charge in [0.05, 0.1) is 16.6 Å². The van der Waals surface area contributed by atoms with Crippen LogP contribution in [0.25, 0.3) is 10.6 Å². The number of ether oxygens (including phenoxy) is 1. The normalized spacial score (nSPS) is 20.8. The second kappa shape index (κ2) is 5.75. The van der Waals surface area contributed by atoms with Gasteiger partial charge >= 0.3 is 6.09 Å². The maximum Gasteiger partial charge on any atom is 0.417 e. The van der Waals surface area contributed by atoms with Crippen LogP contribution in [0.2, 0.25) is 0 Å². The summed E-state index contributed by atoms with van der Waals surface area (Å²) in [6, 6.07) is 5.27. The third kappa shape index (κ3) is 2.46. The van der Waals surface area contributed by atoms with Gasteiger partial charge in [0.15, 0.2) is 12.3 Å². The molecule has 0 radical (unpaired) electrons. The van der Waals surface area contributed by atoms with Crippen molar-refractivity contribution in [3.63, 3.8) is 0 Å². The van der Waals surface area contributed by atoms with Crippen LogP contribution >= 0.6 is 11.3 Å². The molecule has 124 valence electrons. The van der Waals surface area contributed by atoms with Crippen molar-refractivity contribution in [3.05, 3.63) is 29.3 Å². The zero-order valence-corrected chi connectivity index (χ0v) is 13.4. The number of thiophene rings is 1. The van der Waals surface area contributed by atoms with Crippen molar-refractivity contribution < 1.29 is 19.1 Å². The van der Waals surface area contributed by atoms with Crippen LogP contribution in [0.3, 0.4) is 0 Å². The first-order valence-corrected chi connectivity index (χ1v) is 8.39. The number of cyclic esters (lactones) is 1. The van der Waals surface area contributed by atoms with E-state index >= 15 is 0 Å². The lowest BCUT2D eigenvalue weighted by atomic mass is 10.2. The largest absolute Gasteiger partial charge is 0.439 e. The maximum absolute atomic E-state index is 12.6. The number of hydrogen-bond acceptors (Lipinski definition) is 6. The van der Waals surface area contributed by atoms with Gasteiger partial charge in [0.2, 0.25) is 0 Å². The summed E-state index contributed by atoms with van der Waals surface area (Å²) in [4.78, 5) is 39.6. The van der Waals surface area contributed by atoms with Crippen LogP contribution < -0.4 is 0 Å². The molecule has 4 heterocycles. The summed E-state index contributed by atoms with van der Waals surface area (Å²) in [5.41, 5.74) is 1.12. The molecule has 2 fully saturated rings. The molecule has 2 saturated heterocycles. The van der Waals surface area contributed by atoms with Crippen LogP contribution in [-0.4, -0.2) is 63.6 Å². The SMILES string of the molecule is O=C(c1cc(-c2cccs2)[nH]n1)N1CC[C@H](N2C(=O)COC2=O)C1. The van der Waals surface area contributed by atoms with Gasteiger partial charge in [-0.1, -0.05) is 6.07 Å². The van der Waals surface area contributed by atoms with E-state index in [1.807, 2.05) is 17.5 Å². The minimum absolute atomic E-state index is 0.212. The van der Waals surface area contributed by atoms with Crippen LogP contribution in [0, 0.1) is 0 Å². The fourth-order valence-corrected chi connectivity index (χ4v) is 3.70. The molecule has 9 heteroatoms. The van der Waals surface area contributed by atoms with Crippen LogP contribution in [0.1, 0.15) is 16.9 Å². The number of nitrogens with one attached hydrogen (secondary N) is 1. The van der Waals surface area contributed by atoms with Gasteiger partial charge < -0.3 is 9.64 Å². The van der Waals surface area contributed by atoms with Crippen molar-refractivity contribution in [2.75, 3.05) is 19.7 Å². The summed E-state index contributed by atoms with van der Waals surface area (Å²) in [6.45, 7) is 0.565. The van der Waals surface area contributed by atoms with E-state index in [2.05, 4.69) is 10.2 Å². The highest BCUT2D eigenvalue weighted by Crippen LogP contribution is 2.25. The van der Waals surface area contributed by atoms with Gasteiger partial charge in [0, 0.05) is 13.1 Å². The molecule has 0 unspecified atom stereocenters. The van der Waals surface area contributed by atoms with Gasteiger partial charge in [-0.25, -0.2) is 9.69 Å². The number of H-pyrrole nitrogens is 1. The monoisotopic (exact) mass is 346 g/mol. The number of carbonyl (C=O) groups is 3. The molecule has 0 spiro atoms. The smallest absolute Gasteiger partial charge is 0.417 e. The molecule has 1 atom stereocenters. The second-order valence-corrected chi connectivity index (χ2v) is 6.60. The highest BCUT2D eigenvalue weighted by molar-refractivity contribution is 7.13. The second-order valence-electron chi connectivity index (χ2n) is 5.66. The molecule has 8 nitrogen and oxygen atoms in total. The summed E-state index contributed by atoms with van der Waals surface area (Å²) in [6.07, 6.45) is -0.0755. The molecular weight excluding hydrogens is 332 g/mol. The number of carbonyl (C=O) groups excluding carboxylic acids is 3. The minimum Gasteiger partial charge on any atom is -0.439 e. The average molecular weight is 346 g/mol. The Hall–Kier alpha value is -2.68. The number of amides is 3. The van der Waals surface area contributed by atoms with Crippen molar-refractivity contribution in [2.45, 2.75) is 12.5 Å². The first-order valence-electron chi connectivity index (χ1n) is 7.51. The lowest BCUT2D eigenvalue weighted by Gasteiger charge is -2.19. The predicted molar refractivity (Wildman–Crippen MR) is 84.4 cm³/mol. The Morgan fingerprint density at radius 1 is 1.42 bits per heavy atom. The topological polar surface area (TPSA) is 95.6 Å². The van der Waals surface area contributed by atoms with E-state index < -0.39 is 6.09 Å². The van der Waals surface area contributed by atoms with E-state index in [0.29, 0.717) is 25.2 Å². The Balaban J connectivity index is 1.46. The summed E-state index contributed by atoms with van der Waals surface area (Å²) < 4.78 is 4.73.